The smallest absolute Gasteiger partial charge is 0.324 e. The molecule has 1 aromatic rings. The zero-order valence-corrected chi connectivity index (χ0v) is 11.1. The van der Waals surface area contributed by atoms with Gasteiger partial charge in [0.2, 0.25) is 0 Å². The largest absolute Gasteiger partial charge is 0.465 e. The van der Waals surface area contributed by atoms with Crippen LogP contribution < -0.4 is 0 Å². The molecule has 0 saturated carbocycles. The molecule has 0 amide bonds. The van der Waals surface area contributed by atoms with Crippen molar-refractivity contribution in [3.63, 3.8) is 0 Å². The highest BCUT2D eigenvalue weighted by molar-refractivity contribution is 7.92. The van der Waals surface area contributed by atoms with Crippen LogP contribution in [0.4, 0.5) is 0 Å². The zero-order valence-electron chi connectivity index (χ0n) is 9.51. The van der Waals surface area contributed by atoms with E-state index < -0.39 is 21.1 Å². The first-order valence-corrected chi connectivity index (χ1v) is 6.98. The second kappa shape index (κ2) is 5.51. The van der Waals surface area contributed by atoms with Crippen molar-refractivity contribution in [2.45, 2.75) is 24.0 Å². The summed E-state index contributed by atoms with van der Waals surface area (Å²) in [6.45, 7) is 3.08. The molecule has 0 saturated heterocycles. The highest BCUT2D eigenvalue weighted by Gasteiger charge is 2.30. The van der Waals surface area contributed by atoms with E-state index in [4.69, 9.17) is 16.3 Å². The minimum Gasteiger partial charge on any atom is -0.465 e. The van der Waals surface area contributed by atoms with Crippen molar-refractivity contribution in [1.29, 1.82) is 0 Å². The van der Waals surface area contributed by atoms with Gasteiger partial charge in [-0.1, -0.05) is 11.6 Å². The Balaban J connectivity index is 3.03. The van der Waals surface area contributed by atoms with Crippen LogP contribution in [-0.2, 0) is 19.4 Å². The molecule has 6 heteroatoms. The fourth-order valence-electron chi connectivity index (χ4n) is 1.21. The molecule has 1 atom stereocenters. The molecule has 1 unspecified atom stereocenters. The molecule has 0 heterocycles. The molecule has 0 bridgehead atoms. The molecule has 0 N–H and O–H groups in total. The molecule has 94 valence electrons. The van der Waals surface area contributed by atoms with Crippen LogP contribution in [0.5, 0.6) is 0 Å². The predicted molar refractivity (Wildman–Crippen MR) is 64.7 cm³/mol. The van der Waals surface area contributed by atoms with Crippen molar-refractivity contribution in [1.82, 2.24) is 0 Å². The van der Waals surface area contributed by atoms with Gasteiger partial charge in [-0.2, -0.15) is 0 Å². The first-order chi connectivity index (χ1) is 7.89. The number of carbonyl (C=O) groups excluding carboxylic acids is 1. The molecular weight excluding hydrogens is 264 g/mol. The Morgan fingerprint density at radius 2 is 1.88 bits per heavy atom. The third kappa shape index (κ3) is 3.20. The van der Waals surface area contributed by atoms with E-state index in [0.717, 1.165) is 0 Å². The molecule has 0 aliphatic carbocycles. The fourth-order valence-corrected chi connectivity index (χ4v) is 2.59. The van der Waals surface area contributed by atoms with Crippen molar-refractivity contribution < 1.29 is 17.9 Å². The Kier molecular flexibility index (Phi) is 4.54. The van der Waals surface area contributed by atoms with Crippen molar-refractivity contribution in [3.8, 4) is 0 Å². The normalized spacial score (nSPS) is 13.1. The predicted octanol–water partition coefficient (Wildman–Crippen LogP) is 2.07. The highest BCUT2D eigenvalue weighted by Crippen LogP contribution is 2.19. The maximum Gasteiger partial charge on any atom is 0.324 e. The summed E-state index contributed by atoms with van der Waals surface area (Å²) in [6.07, 6.45) is 0. The van der Waals surface area contributed by atoms with Crippen LogP contribution in [0.15, 0.2) is 29.2 Å². The Morgan fingerprint density at radius 1 is 1.35 bits per heavy atom. The molecule has 0 fully saturated rings. The highest BCUT2D eigenvalue weighted by atomic mass is 35.5. The van der Waals surface area contributed by atoms with Gasteiger partial charge in [-0.25, -0.2) is 8.42 Å². The summed E-state index contributed by atoms with van der Waals surface area (Å²) in [6, 6.07) is 5.67. The van der Waals surface area contributed by atoms with Gasteiger partial charge in [0.1, 0.15) is 0 Å². The molecule has 0 radical (unpaired) electrons. The Hall–Kier alpha value is -1.07. The summed E-state index contributed by atoms with van der Waals surface area (Å²) in [7, 11) is -3.71. The molecule has 0 aliphatic rings. The topological polar surface area (TPSA) is 60.4 Å². The summed E-state index contributed by atoms with van der Waals surface area (Å²) in [5, 5.41) is -0.781. The van der Waals surface area contributed by atoms with Gasteiger partial charge in [-0.15, -0.1) is 0 Å². The average molecular weight is 277 g/mol. The number of sulfone groups is 1. The van der Waals surface area contributed by atoms with Gasteiger partial charge >= 0.3 is 5.97 Å². The number of rotatable bonds is 4. The van der Waals surface area contributed by atoms with Crippen LogP contribution in [0, 0.1) is 0 Å². The average Bonchev–Trinajstić information content (AvgIpc) is 2.29. The van der Waals surface area contributed by atoms with Crippen molar-refractivity contribution in [2.75, 3.05) is 6.61 Å². The monoisotopic (exact) mass is 276 g/mol. The maximum atomic E-state index is 12.0. The molecular formula is C11H13ClO4S. The molecule has 1 aromatic carbocycles. The van der Waals surface area contributed by atoms with Gasteiger partial charge < -0.3 is 4.74 Å². The molecule has 4 nitrogen and oxygen atoms in total. The summed E-state index contributed by atoms with van der Waals surface area (Å²) in [4.78, 5) is 11.5. The number of halogens is 1. The van der Waals surface area contributed by atoms with Crippen LogP contribution in [0.1, 0.15) is 13.8 Å². The van der Waals surface area contributed by atoms with Crippen molar-refractivity contribution >= 4 is 27.4 Å². The van der Waals surface area contributed by atoms with Crippen LogP contribution >= 0.6 is 11.6 Å². The maximum absolute atomic E-state index is 12.0. The van der Waals surface area contributed by atoms with E-state index >= 15 is 0 Å². The van der Waals surface area contributed by atoms with E-state index in [-0.39, 0.29) is 11.5 Å². The number of hydrogen-bond acceptors (Lipinski definition) is 4. The van der Waals surface area contributed by atoms with Gasteiger partial charge in [0, 0.05) is 5.02 Å². The standard InChI is InChI=1S/C11H13ClO4S/c1-3-16-11(13)8(2)17(14,15)10-6-4-9(12)5-7-10/h4-8H,3H2,1-2H3. The Labute approximate surface area is 105 Å². The lowest BCUT2D eigenvalue weighted by Crippen LogP contribution is -2.29. The molecule has 1 rings (SSSR count). The Bertz CT molecular complexity index is 493. The summed E-state index contributed by atoms with van der Waals surface area (Å²) in [5.74, 6) is -0.748. The Morgan fingerprint density at radius 3 is 2.35 bits per heavy atom. The molecule has 0 aromatic heterocycles. The molecule has 17 heavy (non-hydrogen) atoms. The van der Waals surface area contributed by atoms with E-state index in [1.807, 2.05) is 0 Å². The lowest BCUT2D eigenvalue weighted by molar-refractivity contribution is -0.142. The van der Waals surface area contributed by atoms with E-state index in [0.29, 0.717) is 5.02 Å². The minimum atomic E-state index is -3.71. The summed E-state index contributed by atoms with van der Waals surface area (Å²) < 4.78 is 28.7. The van der Waals surface area contributed by atoms with Gasteiger partial charge in [-0.3, -0.25) is 4.79 Å². The van der Waals surface area contributed by atoms with Crippen LogP contribution in [-0.4, -0.2) is 26.2 Å². The van der Waals surface area contributed by atoms with Gasteiger partial charge in [0.15, 0.2) is 15.1 Å². The second-order valence-corrected chi connectivity index (χ2v) is 6.10. The first kappa shape index (κ1) is 14.0. The van der Waals surface area contributed by atoms with Crippen LogP contribution in [0.2, 0.25) is 5.02 Å². The van der Waals surface area contributed by atoms with Gasteiger partial charge in [0.25, 0.3) is 0 Å². The SMILES string of the molecule is CCOC(=O)C(C)S(=O)(=O)c1ccc(Cl)cc1. The minimum absolute atomic E-state index is 0.0578. The van der Waals surface area contributed by atoms with E-state index in [2.05, 4.69) is 0 Å². The van der Waals surface area contributed by atoms with Gasteiger partial charge in [-0.05, 0) is 38.1 Å². The number of benzene rings is 1. The third-order valence-corrected chi connectivity index (χ3v) is 4.53. The zero-order chi connectivity index (χ0) is 13.1. The first-order valence-electron chi connectivity index (χ1n) is 5.05. The van der Waals surface area contributed by atoms with Crippen molar-refractivity contribution in [3.05, 3.63) is 29.3 Å². The van der Waals surface area contributed by atoms with Crippen molar-refractivity contribution in [2.24, 2.45) is 0 Å². The second-order valence-electron chi connectivity index (χ2n) is 3.39. The lowest BCUT2D eigenvalue weighted by Gasteiger charge is -2.11. The molecule has 0 aliphatic heterocycles. The number of carbonyl (C=O) groups is 1. The van der Waals surface area contributed by atoms with Crippen LogP contribution in [0.3, 0.4) is 0 Å². The lowest BCUT2D eigenvalue weighted by atomic mass is 10.4. The van der Waals surface area contributed by atoms with E-state index in [1.54, 1.807) is 6.92 Å². The number of ether oxygens (including phenoxy) is 1. The summed E-state index contributed by atoms with van der Waals surface area (Å²) in [5.41, 5.74) is 0. The molecule has 0 spiro atoms. The number of esters is 1. The quantitative estimate of drug-likeness (QED) is 0.790. The van der Waals surface area contributed by atoms with Crippen LogP contribution in [0.25, 0.3) is 0 Å². The fraction of sp³-hybridized carbons (Fsp3) is 0.364. The summed E-state index contributed by atoms with van der Waals surface area (Å²) >= 11 is 5.67. The number of hydrogen-bond donors (Lipinski definition) is 0. The third-order valence-electron chi connectivity index (χ3n) is 2.23. The van der Waals surface area contributed by atoms with Gasteiger partial charge in [0.05, 0.1) is 11.5 Å². The van der Waals surface area contributed by atoms with E-state index in [9.17, 15) is 13.2 Å². The van der Waals surface area contributed by atoms with E-state index in [1.165, 1.54) is 31.2 Å².